The van der Waals surface area contributed by atoms with E-state index >= 15 is 0 Å². The Balaban J connectivity index is 2.19. The fourth-order valence-electron chi connectivity index (χ4n) is 2.66. The number of nitrogens with zero attached hydrogens (tertiary/aromatic N) is 1. The number of carbonyl (C=O) groups is 1. The lowest BCUT2D eigenvalue weighted by Crippen LogP contribution is -2.32. The summed E-state index contributed by atoms with van der Waals surface area (Å²) in [6, 6.07) is 14.2. The number of fused-ring (bicyclic) bond motifs is 1. The second-order valence-electron chi connectivity index (χ2n) is 5.33. The molecule has 3 rings (SSSR count). The molecule has 3 aromatic rings. The number of nitrogen functional groups attached to an aromatic ring is 1. The van der Waals surface area contributed by atoms with Crippen LogP contribution in [-0.4, -0.2) is 25.0 Å². The van der Waals surface area contributed by atoms with E-state index < -0.39 is 11.5 Å². The molecule has 0 saturated heterocycles. The molecule has 1 aromatic heterocycles. The van der Waals surface area contributed by atoms with E-state index in [1.165, 1.54) is 12.0 Å². The Morgan fingerprint density at radius 2 is 1.83 bits per heavy atom. The van der Waals surface area contributed by atoms with Gasteiger partial charge in [-0.1, -0.05) is 24.3 Å². The number of H-pyrrole nitrogens is 1. The van der Waals surface area contributed by atoms with Crippen LogP contribution >= 0.6 is 0 Å². The molecule has 0 bridgehead atoms. The lowest BCUT2D eigenvalue weighted by atomic mass is 10.1. The minimum atomic E-state index is -0.527. The first kappa shape index (κ1) is 15.6. The summed E-state index contributed by atoms with van der Waals surface area (Å²) in [6.07, 6.45) is 0. The minimum absolute atomic E-state index is 0.0987. The van der Waals surface area contributed by atoms with Crippen molar-refractivity contribution in [3.05, 3.63) is 64.4 Å². The van der Waals surface area contributed by atoms with E-state index in [9.17, 15) is 9.59 Å². The second kappa shape index (κ2) is 6.08. The highest BCUT2D eigenvalue weighted by Crippen LogP contribution is 2.30. The van der Waals surface area contributed by atoms with E-state index in [1.54, 1.807) is 37.4 Å². The number of amides is 1. The maximum Gasteiger partial charge on any atom is 0.265 e. The van der Waals surface area contributed by atoms with E-state index in [-0.39, 0.29) is 11.3 Å². The van der Waals surface area contributed by atoms with E-state index in [1.807, 2.05) is 18.2 Å². The number of carbonyl (C=O) groups excluding carboxylic acids is 1. The van der Waals surface area contributed by atoms with Gasteiger partial charge in [-0.05, 0) is 24.3 Å². The Kier molecular flexibility index (Phi) is 3.95. The Morgan fingerprint density at radius 1 is 1.12 bits per heavy atom. The van der Waals surface area contributed by atoms with Crippen molar-refractivity contribution in [3.63, 3.8) is 0 Å². The molecular weight excluding hydrogens is 306 g/mol. The lowest BCUT2D eigenvalue weighted by molar-refractivity contribution is 0.0992. The smallest absolute Gasteiger partial charge is 0.265 e. The van der Waals surface area contributed by atoms with Gasteiger partial charge in [0.2, 0.25) is 0 Å². The Labute approximate surface area is 138 Å². The summed E-state index contributed by atoms with van der Waals surface area (Å²) in [5, 5.41) is 0.518. The third-order valence-electron chi connectivity index (χ3n) is 3.92. The first-order chi connectivity index (χ1) is 11.5. The molecule has 1 amide bonds. The predicted molar refractivity (Wildman–Crippen MR) is 94.7 cm³/mol. The standard InChI is InChI=1S/C18H17N3O3/c1-21(11-7-4-3-5-8-11)18(23)15-16(19)14-12(20-17(15)22)9-6-10-13(14)24-2/h3-10H,1-2H3,(H3,19,20,22). The van der Waals surface area contributed by atoms with E-state index in [4.69, 9.17) is 10.5 Å². The molecule has 0 saturated carbocycles. The predicted octanol–water partition coefficient (Wildman–Crippen LogP) is 2.40. The van der Waals surface area contributed by atoms with Crippen molar-refractivity contribution in [2.24, 2.45) is 0 Å². The number of benzene rings is 2. The first-order valence-electron chi connectivity index (χ1n) is 7.36. The average molecular weight is 323 g/mol. The first-order valence-corrected chi connectivity index (χ1v) is 7.36. The molecule has 0 unspecified atom stereocenters. The largest absolute Gasteiger partial charge is 0.496 e. The number of pyridine rings is 1. The van der Waals surface area contributed by atoms with Crippen LogP contribution in [0, 0.1) is 0 Å². The molecule has 0 fully saturated rings. The van der Waals surface area contributed by atoms with E-state index in [0.717, 1.165) is 0 Å². The van der Waals surface area contributed by atoms with Crippen LogP contribution in [0.1, 0.15) is 10.4 Å². The van der Waals surface area contributed by atoms with Gasteiger partial charge in [0.25, 0.3) is 11.5 Å². The Hall–Kier alpha value is -3.28. The summed E-state index contributed by atoms with van der Waals surface area (Å²) < 4.78 is 5.30. The van der Waals surface area contributed by atoms with Crippen LogP contribution in [0.5, 0.6) is 5.75 Å². The van der Waals surface area contributed by atoms with Crippen LogP contribution in [0.15, 0.2) is 53.3 Å². The number of nitrogens with two attached hydrogens (primary N) is 1. The normalized spacial score (nSPS) is 10.6. The zero-order valence-electron chi connectivity index (χ0n) is 13.4. The van der Waals surface area contributed by atoms with Gasteiger partial charge < -0.3 is 20.4 Å². The molecule has 0 aliphatic heterocycles. The van der Waals surface area contributed by atoms with Gasteiger partial charge in [0.15, 0.2) is 0 Å². The number of hydrogen-bond acceptors (Lipinski definition) is 4. The Morgan fingerprint density at radius 3 is 2.50 bits per heavy atom. The van der Waals surface area contributed by atoms with Crippen molar-refractivity contribution in [1.29, 1.82) is 0 Å². The topological polar surface area (TPSA) is 88.4 Å². The summed E-state index contributed by atoms with van der Waals surface area (Å²) in [5.41, 5.74) is 6.84. The molecule has 0 aliphatic carbocycles. The highest BCUT2D eigenvalue weighted by atomic mass is 16.5. The number of aromatic amines is 1. The number of rotatable bonds is 3. The number of para-hydroxylation sites is 1. The van der Waals surface area contributed by atoms with Gasteiger partial charge in [0.05, 0.1) is 23.7 Å². The van der Waals surface area contributed by atoms with Crippen molar-refractivity contribution in [1.82, 2.24) is 4.98 Å². The van der Waals surface area contributed by atoms with Crippen LogP contribution in [0.4, 0.5) is 11.4 Å². The number of nitrogens with one attached hydrogen (secondary N) is 1. The molecule has 122 valence electrons. The lowest BCUT2D eigenvalue weighted by Gasteiger charge is -2.18. The van der Waals surface area contributed by atoms with Crippen molar-refractivity contribution in [2.75, 3.05) is 24.8 Å². The van der Waals surface area contributed by atoms with E-state index in [0.29, 0.717) is 22.3 Å². The summed E-state index contributed by atoms with van der Waals surface area (Å²) in [4.78, 5) is 29.3. The quantitative estimate of drug-likeness (QED) is 0.774. The molecule has 0 aliphatic rings. The van der Waals surface area contributed by atoms with Crippen LogP contribution < -0.4 is 20.9 Å². The monoisotopic (exact) mass is 323 g/mol. The molecular formula is C18H17N3O3. The number of methoxy groups -OCH3 is 1. The van der Waals surface area contributed by atoms with Crippen molar-refractivity contribution in [2.45, 2.75) is 0 Å². The van der Waals surface area contributed by atoms with E-state index in [2.05, 4.69) is 4.98 Å². The number of hydrogen-bond donors (Lipinski definition) is 2. The molecule has 3 N–H and O–H groups in total. The molecule has 2 aromatic carbocycles. The van der Waals surface area contributed by atoms with Crippen LogP contribution in [-0.2, 0) is 0 Å². The van der Waals surface area contributed by atoms with Crippen molar-refractivity contribution < 1.29 is 9.53 Å². The highest BCUT2D eigenvalue weighted by Gasteiger charge is 2.23. The van der Waals surface area contributed by atoms with Crippen LogP contribution in [0.3, 0.4) is 0 Å². The second-order valence-corrected chi connectivity index (χ2v) is 5.33. The molecule has 1 heterocycles. The molecule has 0 spiro atoms. The Bertz CT molecular complexity index is 964. The number of ether oxygens (including phenoxy) is 1. The third-order valence-corrected chi connectivity index (χ3v) is 3.92. The maximum absolute atomic E-state index is 12.8. The number of anilines is 2. The van der Waals surface area contributed by atoms with Gasteiger partial charge in [-0.2, -0.15) is 0 Å². The fraction of sp³-hybridized carbons (Fsp3) is 0.111. The van der Waals surface area contributed by atoms with Gasteiger partial charge in [-0.25, -0.2) is 0 Å². The minimum Gasteiger partial charge on any atom is -0.496 e. The highest BCUT2D eigenvalue weighted by molar-refractivity contribution is 6.13. The van der Waals surface area contributed by atoms with Gasteiger partial charge in [-0.15, -0.1) is 0 Å². The maximum atomic E-state index is 12.8. The van der Waals surface area contributed by atoms with Crippen molar-refractivity contribution >= 4 is 28.2 Å². The van der Waals surface area contributed by atoms with Crippen LogP contribution in [0.2, 0.25) is 0 Å². The fourth-order valence-corrected chi connectivity index (χ4v) is 2.66. The van der Waals surface area contributed by atoms with Gasteiger partial charge in [0.1, 0.15) is 11.3 Å². The molecule has 0 radical (unpaired) electrons. The SMILES string of the molecule is COc1cccc2[nH]c(=O)c(C(=O)N(C)c3ccccc3)c(N)c12. The molecule has 6 heteroatoms. The summed E-state index contributed by atoms with van der Waals surface area (Å²) >= 11 is 0. The molecule has 6 nitrogen and oxygen atoms in total. The van der Waals surface area contributed by atoms with Crippen LogP contribution in [0.25, 0.3) is 10.9 Å². The third kappa shape index (κ3) is 2.48. The molecule has 0 atom stereocenters. The van der Waals surface area contributed by atoms with Gasteiger partial charge in [-0.3, -0.25) is 9.59 Å². The van der Waals surface area contributed by atoms with Crippen molar-refractivity contribution in [3.8, 4) is 5.75 Å². The van der Waals surface area contributed by atoms with Gasteiger partial charge >= 0.3 is 0 Å². The zero-order valence-corrected chi connectivity index (χ0v) is 13.4. The summed E-state index contributed by atoms with van der Waals surface area (Å²) in [5.74, 6) is 0.0189. The summed E-state index contributed by atoms with van der Waals surface area (Å²) in [7, 11) is 3.11. The number of aromatic nitrogens is 1. The molecule has 24 heavy (non-hydrogen) atoms. The zero-order chi connectivity index (χ0) is 17.3. The average Bonchev–Trinajstić information content (AvgIpc) is 2.60. The van der Waals surface area contributed by atoms with Gasteiger partial charge in [0, 0.05) is 12.7 Å². The summed E-state index contributed by atoms with van der Waals surface area (Å²) in [6.45, 7) is 0.